The third-order valence-corrected chi connectivity index (χ3v) is 8.01. The Kier molecular flexibility index (Phi) is 6.97. The number of nitrogens with zero attached hydrogens (tertiary/aromatic N) is 3. The van der Waals surface area contributed by atoms with E-state index in [1.165, 1.54) is 19.2 Å². The molecule has 2 aromatic heterocycles. The van der Waals surface area contributed by atoms with Gasteiger partial charge in [0.05, 0.1) is 22.3 Å². The lowest BCUT2D eigenvalue weighted by atomic mass is 10.1. The van der Waals surface area contributed by atoms with Crippen molar-refractivity contribution in [3.63, 3.8) is 0 Å². The van der Waals surface area contributed by atoms with Crippen LogP contribution in [0.2, 0.25) is 4.34 Å². The van der Waals surface area contributed by atoms with Gasteiger partial charge in [-0.1, -0.05) is 23.7 Å². The molecule has 0 bridgehead atoms. The van der Waals surface area contributed by atoms with Crippen LogP contribution in [0, 0.1) is 13.8 Å². The van der Waals surface area contributed by atoms with Crippen LogP contribution in [0.25, 0.3) is 5.69 Å². The highest BCUT2D eigenvalue weighted by molar-refractivity contribution is 7.91. The summed E-state index contributed by atoms with van der Waals surface area (Å²) < 4.78 is 28.3. The Labute approximate surface area is 185 Å². The summed E-state index contributed by atoms with van der Waals surface area (Å²) in [6.07, 6.45) is 0.639. The van der Waals surface area contributed by atoms with Gasteiger partial charge in [0.2, 0.25) is 5.91 Å². The van der Waals surface area contributed by atoms with Gasteiger partial charge in [-0.25, -0.2) is 13.1 Å². The van der Waals surface area contributed by atoms with Crippen molar-refractivity contribution in [2.75, 3.05) is 20.1 Å². The molecule has 0 fully saturated rings. The molecule has 1 aromatic carbocycles. The summed E-state index contributed by atoms with van der Waals surface area (Å²) in [7, 11) is -2.35. The standard InChI is InChI=1S/C20H23ClN4O3S2/c1-14-12-15(2)25(23-14)17-6-4-16(5-7-17)10-11-22-19(26)13-24(3)30(27,28)20-9-8-18(21)29-20/h4-9,12H,10-11,13H2,1-3H3,(H,22,26). The van der Waals surface area contributed by atoms with Crippen molar-refractivity contribution < 1.29 is 13.2 Å². The van der Waals surface area contributed by atoms with Crippen LogP contribution >= 0.6 is 22.9 Å². The molecule has 3 rings (SSSR count). The molecule has 0 aliphatic heterocycles. The van der Waals surface area contributed by atoms with Gasteiger partial charge in [0.1, 0.15) is 4.21 Å². The van der Waals surface area contributed by atoms with E-state index in [4.69, 9.17) is 11.6 Å². The Morgan fingerprint density at radius 1 is 1.20 bits per heavy atom. The lowest BCUT2D eigenvalue weighted by Gasteiger charge is -2.15. The van der Waals surface area contributed by atoms with Crippen LogP contribution in [0.15, 0.2) is 46.7 Å². The highest BCUT2D eigenvalue weighted by atomic mass is 35.5. The first-order chi connectivity index (χ1) is 14.2. The first kappa shape index (κ1) is 22.5. The molecule has 3 aromatic rings. The summed E-state index contributed by atoms with van der Waals surface area (Å²) in [5, 5.41) is 7.23. The van der Waals surface area contributed by atoms with Crippen LogP contribution < -0.4 is 5.32 Å². The summed E-state index contributed by atoms with van der Waals surface area (Å²) in [6.45, 7) is 4.12. The molecular weight excluding hydrogens is 444 g/mol. The van der Waals surface area contributed by atoms with Gasteiger partial charge in [-0.05, 0) is 56.2 Å². The van der Waals surface area contributed by atoms with Gasteiger partial charge in [0.15, 0.2) is 0 Å². The van der Waals surface area contributed by atoms with Crippen LogP contribution in [0.4, 0.5) is 0 Å². The first-order valence-electron chi connectivity index (χ1n) is 9.28. The molecule has 0 aliphatic carbocycles. The Bertz CT molecular complexity index is 1140. The topological polar surface area (TPSA) is 84.3 Å². The monoisotopic (exact) mass is 466 g/mol. The molecule has 0 atom stereocenters. The summed E-state index contributed by atoms with van der Waals surface area (Å²) in [5.41, 5.74) is 4.08. The second kappa shape index (κ2) is 9.30. The van der Waals surface area contributed by atoms with Crippen LogP contribution in [0.5, 0.6) is 0 Å². The van der Waals surface area contributed by atoms with Crippen molar-refractivity contribution in [2.45, 2.75) is 24.5 Å². The number of benzene rings is 1. The number of likely N-dealkylation sites (N-methyl/N-ethyl adjacent to an activating group) is 1. The summed E-state index contributed by atoms with van der Waals surface area (Å²) in [6, 6.07) is 12.9. The summed E-state index contributed by atoms with van der Waals surface area (Å²) in [5.74, 6) is -0.358. The Hall–Kier alpha value is -2.20. The van der Waals surface area contributed by atoms with Gasteiger partial charge in [-0.15, -0.1) is 11.3 Å². The maximum atomic E-state index is 12.4. The lowest BCUT2D eigenvalue weighted by Crippen LogP contribution is -2.38. The van der Waals surface area contributed by atoms with Gasteiger partial charge in [-0.2, -0.15) is 9.40 Å². The largest absolute Gasteiger partial charge is 0.355 e. The number of carbonyl (C=O) groups excluding carboxylic acids is 1. The molecule has 2 heterocycles. The van der Waals surface area contributed by atoms with E-state index >= 15 is 0 Å². The van der Waals surface area contributed by atoms with Crippen molar-refractivity contribution in [2.24, 2.45) is 0 Å². The minimum atomic E-state index is -3.73. The molecule has 10 heteroatoms. The molecule has 0 spiro atoms. The number of amides is 1. The fraction of sp³-hybridized carbons (Fsp3) is 0.300. The average molecular weight is 467 g/mol. The predicted octanol–water partition coefficient (Wildman–Crippen LogP) is 3.18. The second-order valence-corrected chi connectivity index (χ2v) is 10.9. The Balaban J connectivity index is 1.50. The minimum absolute atomic E-state index is 0.116. The van der Waals surface area contributed by atoms with Gasteiger partial charge in [0, 0.05) is 19.3 Å². The molecular formula is C20H23ClN4O3S2. The van der Waals surface area contributed by atoms with E-state index in [1.54, 1.807) is 0 Å². The first-order valence-corrected chi connectivity index (χ1v) is 11.9. The highest BCUT2D eigenvalue weighted by Gasteiger charge is 2.24. The number of hydrogen-bond donors (Lipinski definition) is 1. The fourth-order valence-corrected chi connectivity index (χ4v) is 5.79. The molecule has 160 valence electrons. The molecule has 30 heavy (non-hydrogen) atoms. The van der Waals surface area contributed by atoms with E-state index < -0.39 is 10.0 Å². The molecule has 0 saturated carbocycles. The molecule has 7 nitrogen and oxygen atoms in total. The third kappa shape index (κ3) is 5.28. The van der Waals surface area contributed by atoms with Crippen LogP contribution in [-0.4, -0.2) is 48.5 Å². The summed E-state index contributed by atoms with van der Waals surface area (Å²) in [4.78, 5) is 12.2. The van der Waals surface area contributed by atoms with E-state index in [0.717, 1.165) is 38.3 Å². The maximum Gasteiger partial charge on any atom is 0.252 e. The average Bonchev–Trinajstić information content (AvgIpc) is 3.27. The fourth-order valence-electron chi connectivity index (χ4n) is 2.97. The van der Waals surface area contributed by atoms with Gasteiger partial charge >= 0.3 is 0 Å². The number of aryl methyl sites for hydroxylation is 2. The number of aromatic nitrogens is 2. The number of hydrogen-bond acceptors (Lipinski definition) is 5. The molecule has 0 saturated heterocycles. The highest BCUT2D eigenvalue weighted by Crippen LogP contribution is 2.27. The number of rotatable bonds is 8. The van der Waals surface area contributed by atoms with E-state index in [9.17, 15) is 13.2 Å². The number of sulfonamides is 1. The van der Waals surface area contributed by atoms with Crippen molar-refractivity contribution in [1.82, 2.24) is 19.4 Å². The molecule has 0 unspecified atom stereocenters. The zero-order valence-electron chi connectivity index (χ0n) is 16.9. The molecule has 1 N–H and O–H groups in total. The van der Waals surface area contributed by atoms with Crippen LogP contribution in [0.3, 0.4) is 0 Å². The van der Waals surface area contributed by atoms with Crippen molar-refractivity contribution >= 4 is 38.9 Å². The van der Waals surface area contributed by atoms with Crippen molar-refractivity contribution in [3.05, 3.63) is 63.8 Å². The van der Waals surface area contributed by atoms with Crippen molar-refractivity contribution in [1.29, 1.82) is 0 Å². The van der Waals surface area contributed by atoms with Crippen LogP contribution in [-0.2, 0) is 21.2 Å². The number of halogens is 1. The quantitative estimate of drug-likeness (QED) is 0.552. The zero-order valence-corrected chi connectivity index (χ0v) is 19.3. The lowest BCUT2D eigenvalue weighted by molar-refractivity contribution is -0.121. The van der Waals surface area contributed by atoms with E-state index in [0.29, 0.717) is 17.3 Å². The van der Waals surface area contributed by atoms with E-state index in [-0.39, 0.29) is 16.7 Å². The Morgan fingerprint density at radius 2 is 1.90 bits per heavy atom. The van der Waals surface area contributed by atoms with E-state index in [1.807, 2.05) is 48.9 Å². The van der Waals surface area contributed by atoms with E-state index in [2.05, 4.69) is 10.4 Å². The number of nitrogens with one attached hydrogen (secondary N) is 1. The number of carbonyl (C=O) groups is 1. The maximum absolute atomic E-state index is 12.4. The normalized spacial score (nSPS) is 11.8. The predicted molar refractivity (Wildman–Crippen MR) is 119 cm³/mol. The zero-order chi connectivity index (χ0) is 21.9. The number of thiophene rings is 1. The Morgan fingerprint density at radius 3 is 2.47 bits per heavy atom. The smallest absolute Gasteiger partial charge is 0.252 e. The molecule has 0 radical (unpaired) electrons. The van der Waals surface area contributed by atoms with Crippen molar-refractivity contribution in [3.8, 4) is 5.69 Å². The second-order valence-electron chi connectivity index (χ2n) is 6.92. The molecule has 1 amide bonds. The van der Waals surface area contributed by atoms with Gasteiger partial charge < -0.3 is 5.32 Å². The van der Waals surface area contributed by atoms with Crippen LogP contribution in [0.1, 0.15) is 17.0 Å². The van der Waals surface area contributed by atoms with Gasteiger partial charge in [-0.3, -0.25) is 4.79 Å². The third-order valence-electron chi connectivity index (χ3n) is 4.51. The SMILES string of the molecule is Cc1cc(C)n(-c2ccc(CCNC(=O)CN(C)S(=O)(=O)c3ccc(Cl)s3)cc2)n1. The van der Waals surface area contributed by atoms with Gasteiger partial charge in [0.25, 0.3) is 10.0 Å². The summed E-state index contributed by atoms with van der Waals surface area (Å²) >= 11 is 6.77. The molecule has 0 aliphatic rings. The minimum Gasteiger partial charge on any atom is -0.355 e.